The van der Waals surface area contributed by atoms with E-state index in [1.54, 1.807) is 0 Å². The van der Waals surface area contributed by atoms with Crippen molar-refractivity contribution in [3.8, 4) is 0 Å². The number of rotatable bonds is 7. The second-order valence-electron chi connectivity index (χ2n) is 4.82. The van der Waals surface area contributed by atoms with E-state index in [0.29, 0.717) is 5.92 Å². The summed E-state index contributed by atoms with van der Waals surface area (Å²) in [6.45, 7) is 4.92. The molecule has 1 saturated carbocycles. The highest BCUT2D eigenvalue weighted by atomic mass is 16.5. The summed E-state index contributed by atoms with van der Waals surface area (Å²) < 4.78 is 5.83. The molecule has 1 aliphatic carbocycles. The summed E-state index contributed by atoms with van der Waals surface area (Å²) in [5.74, 6) is 2.37. The van der Waals surface area contributed by atoms with E-state index in [1.807, 2.05) is 20.0 Å². The number of ether oxygens (including phenoxy) is 1. The van der Waals surface area contributed by atoms with Gasteiger partial charge in [-0.25, -0.2) is 9.97 Å². The highest BCUT2D eigenvalue weighted by Gasteiger charge is 2.35. The molecule has 0 radical (unpaired) electrons. The number of aromatic nitrogens is 2. The van der Waals surface area contributed by atoms with Gasteiger partial charge in [0.1, 0.15) is 11.9 Å². The third-order valence-electron chi connectivity index (χ3n) is 3.21. The molecule has 1 aliphatic rings. The van der Waals surface area contributed by atoms with Crippen LogP contribution in [0.5, 0.6) is 0 Å². The Morgan fingerprint density at radius 3 is 2.72 bits per heavy atom. The highest BCUT2D eigenvalue weighted by molar-refractivity contribution is 5.35. The quantitative estimate of drug-likeness (QED) is 0.807. The van der Waals surface area contributed by atoms with Crippen molar-refractivity contribution in [2.75, 3.05) is 19.0 Å². The van der Waals surface area contributed by atoms with Crippen molar-refractivity contribution in [1.82, 2.24) is 9.97 Å². The number of nitrogens with one attached hydrogen (secondary N) is 1. The molecule has 1 N–H and O–H groups in total. The van der Waals surface area contributed by atoms with Crippen LogP contribution in [-0.2, 0) is 11.2 Å². The summed E-state index contributed by atoms with van der Waals surface area (Å²) >= 11 is 0. The Labute approximate surface area is 109 Å². The van der Waals surface area contributed by atoms with E-state index in [1.165, 1.54) is 12.8 Å². The summed E-state index contributed by atoms with van der Waals surface area (Å²) in [7, 11) is 1.90. The van der Waals surface area contributed by atoms with Gasteiger partial charge in [0.05, 0.1) is 0 Å². The van der Waals surface area contributed by atoms with Crippen LogP contribution in [0.4, 0.5) is 5.82 Å². The lowest BCUT2D eigenvalue weighted by Gasteiger charge is -2.16. The molecule has 4 heteroatoms. The molecule has 0 aliphatic heterocycles. The number of hydrogen-bond acceptors (Lipinski definition) is 4. The molecule has 0 amide bonds. The average molecular weight is 249 g/mol. The van der Waals surface area contributed by atoms with E-state index >= 15 is 0 Å². The lowest BCUT2D eigenvalue weighted by atomic mass is 10.2. The summed E-state index contributed by atoms with van der Waals surface area (Å²) in [4.78, 5) is 9.24. The van der Waals surface area contributed by atoms with Gasteiger partial charge in [0, 0.05) is 25.4 Å². The standard InChI is InChI=1S/C14H23N3O/c1-4-6-11-9-12(15-3)17-14(16-11)13(18-5-2)10-7-8-10/h9-10,13H,4-8H2,1-3H3,(H,15,16,17). The molecule has 1 fully saturated rings. The van der Waals surface area contributed by atoms with Gasteiger partial charge in [-0.3, -0.25) is 0 Å². The summed E-state index contributed by atoms with van der Waals surface area (Å²) in [6, 6.07) is 2.03. The topological polar surface area (TPSA) is 47.0 Å². The van der Waals surface area contributed by atoms with Crippen molar-refractivity contribution in [3.63, 3.8) is 0 Å². The largest absolute Gasteiger partial charge is 0.373 e. The average Bonchev–Trinajstić information content (AvgIpc) is 3.20. The van der Waals surface area contributed by atoms with Crippen molar-refractivity contribution < 1.29 is 4.74 Å². The molecule has 0 spiro atoms. The Kier molecular flexibility index (Phi) is 4.53. The second-order valence-corrected chi connectivity index (χ2v) is 4.82. The molecule has 100 valence electrons. The first-order valence-corrected chi connectivity index (χ1v) is 6.95. The zero-order chi connectivity index (χ0) is 13.0. The third kappa shape index (κ3) is 3.19. The van der Waals surface area contributed by atoms with E-state index in [2.05, 4.69) is 22.2 Å². The molecular formula is C14H23N3O. The van der Waals surface area contributed by atoms with Gasteiger partial charge in [-0.05, 0) is 32.1 Å². The highest BCUT2D eigenvalue weighted by Crippen LogP contribution is 2.42. The van der Waals surface area contributed by atoms with Crippen molar-refractivity contribution in [2.24, 2.45) is 5.92 Å². The SMILES string of the molecule is CCCc1cc(NC)nc(C(OCC)C2CC2)n1. The molecule has 1 unspecified atom stereocenters. The minimum Gasteiger partial charge on any atom is -0.373 e. The monoisotopic (exact) mass is 249 g/mol. The maximum absolute atomic E-state index is 5.83. The second kappa shape index (κ2) is 6.14. The summed E-state index contributed by atoms with van der Waals surface area (Å²) in [6.07, 6.45) is 4.65. The van der Waals surface area contributed by atoms with Gasteiger partial charge < -0.3 is 10.1 Å². The summed E-state index contributed by atoms with van der Waals surface area (Å²) in [5, 5.41) is 3.12. The minimum atomic E-state index is 0.0823. The molecular weight excluding hydrogens is 226 g/mol. The first-order chi connectivity index (χ1) is 8.78. The number of nitrogens with zero attached hydrogens (tertiary/aromatic N) is 2. The number of aryl methyl sites for hydroxylation is 1. The minimum absolute atomic E-state index is 0.0823. The van der Waals surface area contributed by atoms with Crippen molar-refractivity contribution in [3.05, 3.63) is 17.6 Å². The van der Waals surface area contributed by atoms with Crippen molar-refractivity contribution >= 4 is 5.82 Å². The molecule has 1 atom stereocenters. The number of hydrogen-bond donors (Lipinski definition) is 1. The van der Waals surface area contributed by atoms with Gasteiger partial charge in [-0.1, -0.05) is 13.3 Å². The van der Waals surface area contributed by atoms with Crippen LogP contribution in [0, 0.1) is 5.92 Å². The molecule has 0 aromatic carbocycles. The van der Waals surface area contributed by atoms with Crippen molar-refractivity contribution in [2.45, 2.75) is 45.6 Å². The first kappa shape index (κ1) is 13.3. The predicted molar refractivity (Wildman–Crippen MR) is 72.7 cm³/mol. The zero-order valence-electron chi connectivity index (χ0n) is 11.6. The first-order valence-electron chi connectivity index (χ1n) is 6.95. The molecule has 0 saturated heterocycles. The molecule has 1 aromatic rings. The van der Waals surface area contributed by atoms with E-state index < -0.39 is 0 Å². The van der Waals surface area contributed by atoms with Crippen LogP contribution in [0.1, 0.15) is 50.7 Å². The lowest BCUT2D eigenvalue weighted by molar-refractivity contribution is 0.0400. The molecule has 0 bridgehead atoms. The summed E-state index contributed by atoms with van der Waals surface area (Å²) in [5.41, 5.74) is 1.11. The Hall–Kier alpha value is -1.16. The van der Waals surface area contributed by atoms with Crippen LogP contribution in [0.25, 0.3) is 0 Å². The van der Waals surface area contributed by atoms with Crippen LogP contribution in [-0.4, -0.2) is 23.6 Å². The smallest absolute Gasteiger partial charge is 0.160 e. The Balaban J connectivity index is 2.25. The maximum atomic E-state index is 5.83. The van der Waals surface area contributed by atoms with Crippen LogP contribution >= 0.6 is 0 Å². The molecule has 18 heavy (non-hydrogen) atoms. The van der Waals surface area contributed by atoms with E-state index in [9.17, 15) is 0 Å². The van der Waals surface area contributed by atoms with Gasteiger partial charge in [-0.15, -0.1) is 0 Å². The predicted octanol–water partition coefficient (Wildman–Crippen LogP) is 2.96. The van der Waals surface area contributed by atoms with Crippen LogP contribution < -0.4 is 5.32 Å². The Morgan fingerprint density at radius 2 is 2.17 bits per heavy atom. The molecule has 4 nitrogen and oxygen atoms in total. The van der Waals surface area contributed by atoms with E-state index in [-0.39, 0.29) is 6.10 Å². The van der Waals surface area contributed by atoms with Crippen LogP contribution in [0.2, 0.25) is 0 Å². The lowest BCUT2D eigenvalue weighted by Crippen LogP contribution is -2.13. The van der Waals surface area contributed by atoms with E-state index in [0.717, 1.165) is 36.8 Å². The Morgan fingerprint density at radius 1 is 1.39 bits per heavy atom. The van der Waals surface area contributed by atoms with Gasteiger partial charge >= 0.3 is 0 Å². The third-order valence-corrected chi connectivity index (χ3v) is 3.21. The van der Waals surface area contributed by atoms with Gasteiger partial charge in [0.2, 0.25) is 0 Å². The Bertz CT molecular complexity index is 391. The van der Waals surface area contributed by atoms with E-state index in [4.69, 9.17) is 4.74 Å². The normalized spacial score (nSPS) is 16.6. The number of anilines is 1. The van der Waals surface area contributed by atoms with Gasteiger partial charge in [0.15, 0.2) is 5.82 Å². The van der Waals surface area contributed by atoms with Crippen molar-refractivity contribution in [1.29, 1.82) is 0 Å². The molecule has 2 rings (SSSR count). The zero-order valence-corrected chi connectivity index (χ0v) is 11.6. The fourth-order valence-corrected chi connectivity index (χ4v) is 2.16. The van der Waals surface area contributed by atoms with Crippen LogP contribution in [0.3, 0.4) is 0 Å². The van der Waals surface area contributed by atoms with Gasteiger partial charge in [0.25, 0.3) is 0 Å². The fourth-order valence-electron chi connectivity index (χ4n) is 2.16. The van der Waals surface area contributed by atoms with Gasteiger partial charge in [-0.2, -0.15) is 0 Å². The molecule has 1 aromatic heterocycles. The maximum Gasteiger partial charge on any atom is 0.160 e. The fraction of sp³-hybridized carbons (Fsp3) is 0.714. The van der Waals surface area contributed by atoms with Crippen LogP contribution in [0.15, 0.2) is 6.07 Å². The molecule has 1 heterocycles.